The Hall–Kier alpha value is -1.20. The van der Waals surface area contributed by atoms with Crippen molar-refractivity contribution in [3.05, 3.63) is 0 Å². The van der Waals surface area contributed by atoms with Crippen molar-refractivity contribution < 1.29 is 77.1 Å². The summed E-state index contributed by atoms with van der Waals surface area (Å²) in [7, 11) is 0. The van der Waals surface area contributed by atoms with Crippen molar-refractivity contribution in [1.29, 1.82) is 0 Å². The van der Waals surface area contributed by atoms with Crippen LogP contribution in [-0.4, -0.2) is 158 Å². The number of rotatable bonds is 2. The fourth-order valence-electron chi connectivity index (χ4n) is 4.38. The number of hydrogen-bond acceptors (Lipinski definition) is 9. The first-order valence-electron chi connectivity index (χ1n) is 12.6. The van der Waals surface area contributed by atoms with E-state index in [1.165, 1.54) is 9.80 Å². The van der Waals surface area contributed by atoms with Crippen LogP contribution in [0, 0.1) is 0 Å². The van der Waals surface area contributed by atoms with Crippen LogP contribution in [0.5, 0.6) is 0 Å². The van der Waals surface area contributed by atoms with Crippen LogP contribution in [0.2, 0.25) is 0 Å². The van der Waals surface area contributed by atoms with Gasteiger partial charge in [-0.3, -0.25) is 19.6 Å². The molecule has 9 nitrogen and oxygen atoms in total. The molecule has 21 heteroatoms. The molecular weight excluding hydrogens is 616 g/mol. The molecule has 0 saturated carbocycles. The lowest BCUT2D eigenvalue weighted by Gasteiger charge is -2.43. The normalized spacial score (nSPS) is 25.9. The standard InChI is InChI=1S/C21H32F12N4O5/c22-18(23,24)16(38,19(25,26)27)36-2-1-3-37(17(39,20(28,29)30)21(31,32)33)9-7-35-5-4-34(6-8-36)14-41-12-10-40-11-13-42-15-35/h38-39H,1-15H2. The van der Waals surface area contributed by atoms with E-state index in [0.717, 1.165) is 0 Å². The molecule has 0 aromatic carbocycles. The number of aliphatic hydroxyl groups is 2. The third-order valence-corrected chi connectivity index (χ3v) is 6.75. The van der Waals surface area contributed by atoms with Gasteiger partial charge in [0, 0.05) is 52.4 Å². The molecule has 2 unspecified atom stereocenters. The predicted molar refractivity (Wildman–Crippen MR) is 117 cm³/mol. The van der Waals surface area contributed by atoms with Crippen molar-refractivity contribution in [3.63, 3.8) is 0 Å². The fourth-order valence-corrected chi connectivity index (χ4v) is 4.38. The van der Waals surface area contributed by atoms with Crippen molar-refractivity contribution in [2.45, 2.75) is 42.6 Å². The van der Waals surface area contributed by atoms with E-state index in [-0.39, 0.29) is 53.0 Å². The number of alkyl halides is 12. The molecule has 2 aliphatic rings. The van der Waals surface area contributed by atoms with Crippen LogP contribution in [0.4, 0.5) is 52.7 Å². The summed E-state index contributed by atoms with van der Waals surface area (Å²) in [5.41, 5.74) is -11.0. The first-order valence-corrected chi connectivity index (χ1v) is 12.6. The second kappa shape index (κ2) is 14.3. The maximum absolute atomic E-state index is 13.7. The van der Waals surface area contributed by atoms with Gasteiger partial charge in [-0.1, -0.05) is 0 Å². The fraction of sp³-hybridized carbons (Fsp3) is 1.00. The van der Waals surface area contributed by atoms with Gasteiger partial charge in [-0.2, -0.15) is 52.7 Å². The summed E-state index contributed by atoms with van der Waals surface area (Å²) in [6.07, 6.45) is -26.6. The van der Waals surface area contributed by atoms with Crippen LogP contribution in [0.15, 0.2) is 0 Å². The van der Waals surface area contributed by atoms with Gasteiger partial charge in [0.05, 0.1) is 39.9 Å². The Balaban J connectivity index is 2.55. The summed E-state index contributed by atoms with van der Waals surface area (Å²) < 4.78 is 180. The van der Waals surface area contributed by atoms with Gasteiger partial charge in [-0.15, -0.1) is 0 Å². The lowest BCUT2D eigenvalue weighted by atomic mass is 10.1. The molecule has 2 saturated heterocycles. The minimum atomic E-state index is -6.36. The number of nitrogens with zero attached hydrogens (tertiary/aromatic N) is 4. The van der Waals surface area contributed by atoms with Gasteiger partial charge in [-0.25, -0.2) is 0 Å². The molecular formula is C21H32F12N4O5. The lowest BCUT2D eigenvalue weighted by Crippen LogP contribution is -2.69. The summed E-state index contributed by atoms with van der Waals surface area (Å²) in [5, 5.41) is 19.9. The average molecular weight is 648 g/mol. The highest BCUT2D eigenvalue weighted by Gasteiger charge is 2.75. The summed E-state index contributed by atoms with van der Waals surface area (Å²) in [6.45, 7) is -7.42. The zero-order valence-corrected chi connectivity index (χ0v) is 22.1. The molecule has 0 aromatic rings. The maximum Gasteiger partial charge on any atom is 0.440 e. The van der Waals surface area contributed by atoms with Crippen molar-refractivity contribution in [2.75, 3.05) is 92.2 Å². The van der Waals surface area contributed by atoms with Crippen LogP contribution in [0.3, 0.4) is 0 Å². The van der Waals surface area contributed by atoms with Crippen LogP contribution in [-0.2, 0) is 14.2 Å². The Bertz CT molecular complexity index is 735. The monoisotopic (exact) mass is 648 g/mol. The lowest BCUT2D eigenvalue weighted by molar-refractivity contribution is -0.419. The molecule has 2 N–H and O–H groups in total. The van der Waals surface area contributed by atoms with E-state index in [1.54, 1.807) is 0 Å². The van der Waals surface area contributed by atoms with Crippen molar-refractivity contribution in [2.24, 2.45) is 0 Å². The van der Waals surface area contributed by atoms with Crippen molar-refractivity contribution in [3.8, 4) is 0 Å². The van der Waals surface area contributed by atoms with Gasteiger partial charge >= 0.3 is 36.2 Å². The van der Waals surface area contributed by atoms with Gasteiger partial charge in [-0.05, 0) is 6.42 Å². The second-order valence-electron chi connectivity index (χ2n) is 9.59. The van der Waals surface area contributed by atoms with E-state index in [0.29, 0.717) is 0 Å². The highest BCUT2D eigenvalue weighted by atomic mass is 19.4. The van der Waals surface area contributed by atoms with Crippen LogP contribution >= 0.6 is 0 Å². The van der Waals surface area contributed by atoms with E-state index < -0.39 is 91.6 Å². The minimum absolute atomic E-state index is 0.0264. The smallest absolute Gasteiger partial charge is 0.377 e. The molecule has 0 spiro atoms. The summed E-state index contributed by atoms with van der Waals surface area (Å²) in [6, 6.07) is 0. The van der Waals surface area contributed by atoms with Gasteiger partial charge in [0.15, 0.2) is 0 Å². The Morgan fingerprint density at radius 2 is 0.690 bits per heavy atom. The van der Waals surface area contributed by atoms with Crippen LogP contribution < -0.4 is 0 Å². The number of fused-ring (bicyclic) bond motifs is 3. The first kappa shape index (κ1) is 37.0. The van der Waals surface area contributed by atoms with Crippen molar-refractivity contribution in [1.82, 2.24) is 19.6 Å². The highest BCUT2D eigenvalue weighted by molar-refractivity contribution is 4.96. The van der Waals surface area contributed by atoms with Crippen molar-refractivity contribution >= 4 is 0 Å². The predicted octanol–water partition coefficient (Wildman–Crippen LogP) is 2.20. The zero-order valence-electron chi connectivity index (χ0n) is 22.1. The quantitative estimate of drug-likeness (QED) is 0.439. The first-order chi connectivity index (χ1) is 19.2. The Morgan fingerprint density at radius 1 is 0.405 bits per heavy atom. The van der Waals surface area contributed by atoms with E-state index >= 15 is 0 Å². The van der Waals surface area contributed by atoms with Crippen LogP contribution in [0.1, 0.15) is 6.42 Å². The SMILES string of the molecule is OC(N1CCCN(C(O)(C(F)(F)F)C(F)(F)F)CCN2CCN(CC1)COCCOCCOC2)(C(F)(F)F)C(F)(F)F. The molecule has 2 heterocycles. The summed E-state index contributed by atoms with van der Waals surface area (Å²) >= 11 is 0. The topological polar surface area (TPSA) is 81.1 Å². The number of ether oxygens (including phenoxy) is 3. The summed E-state index contributed by atoms with van der Waals surface area (Å²) in [5.74, 6) is 0. The molecule has 2 bridgehead atoms. The van der Waals surface area contributed by atoms with Gasteiger partial charge < -0.3 is 24.4 Å². The highest BCUT2D eigenvalue weighted by Crippen LogP contribution is 2.47. The minimum Gasteiger partial charge on any atom is -0.377 e. The van der Waals surface area contributed by atoms with E-state index in [2.05, 4.69) is 0 Å². The molecule has 0 aliphatic carbocycles. The molecule has 2 rings (SSSR count). The Labute approximate surface area is 232 Å². The molecule has 0 radical (unpaired) electrons. The number of hydrogen-bond donors (Lipinski definition) is 2. The third kappa shape index (κ3) is 8.71. The molecule has 0 aromatic heterocycles. The van der Waals surface area contributed by atoms with Gasteiger partial charge in [0.1, 0.15) is 0 Å². The molecule has 250 valence electrons. The molecule has 42 heavy (non-hydrogen) atoms. The Morgan fingerprint density at radius 3 is 1.00 bits per heavy atom. The molecule has 0 amide bonds. The van der Waals surface area contributed by atoms with Gasteiger partial charge in [0.2, 0.25) is 0 Å². The molecule has 2 fully saturated rings. The second-order valence-corrected chi connectivity index (χ2v) is 9.59. The molecule has 2 aliphatic heterocycles. The van der Waals surface area contributed by atoms with Gasteiger partial charge in [0.25, 0.3) is 0 Å². The average Bonchev–Trinajstić information content (AvgIpc) is 2.87. The van der Waals surface area contributed by atoms with Crippen LogP contribution in [0.25, 0.3) is 0 Å². The summed E-state index contributed by atoms with van der Waals surface area (Å²) in [4.78, 5) is 1.49. The Kier molecular flexibility index (Phi) is 12.6. The zero-order chi connectivity index (χ0) is 32.0. The van der Waals surface area contributed by atoms with E-state index in [1.807, 2.05) is 0 Å². The maximum atomic E-state index is 13.7. The van der Waals surface area contributed by atoms with E-state index in [9.17, 15) is 62.9 Å². The molecule has 2 atom stereocenters. The third-order valence-electron chi connectivity index (χ3n) is 6.75. The number of halogens is 12. The largest absolute Gasteiger partial charge is 0.440 e. The van der Waals surface area contributed by atoms with E-state index in [4.69, 9.17) is 14.2 Å².